The topological polar surface area (TPSA) is 69.7 Å². The third-order valence-electron chi connectivity index (χ3n) is 3.30. The smallest absolute Gasteiger partial charge is 0.417 e. The summed E-state index contributed by atoms with van der Waals surface area (Å²) in [5.74, 6) is -0.655. The molecule has 5 nitrogen and oxygen atoms in total. The minimum Gasteiger partial charge on any atom is -0.497 e. The minimum absolute atomic E-state index is 0.0700. The van der Waals surface area contributed by atoms with E-state index in [2.05, 4.69) is 0 Å². The van der Waals surface area contributed by atoms with E-state index in [4.69, 9.17) is 20.5 Å². The lowest BCUT2D eigenvalue weighted by atomic mass is 10.1. The second kappa shape index (κ2) is 7.16. The lowest BCUT2D eigenvalue weighted by molar-refractivity contribution is -0.137. The van der Waals surface area contributed by atoms with Crippen LogP contribution in [0.15, 0.2) is 41.3 Å². The molecule has 0 aliphatic rings. The van der Waals surface area contributed by atoms with E-state index in [0.717, 1.165) is 18.2 Å². The van der Waals surface area contributed by atoms with E-state index in [1.54, 1.807) is 0 Å². The Morgan fingerprint density at radius 3 is 2.31 bits per heavy atom. The standard InChI is InChI=1S/C16H12ClF3O5S/c1-9(21)12-5-3-10(24-2)7-15(12)25-26(22,23)11-4-6-14(17)13(8-11)16(18,19)20/h3-8H,1-2H3. The van der Waals surface area contributed by atoms with Crippen LogP contribution >= 0.6 is 11.6 Å². The molecule has 0 N–H and O–H groups in total. The average Bonchev–Trinajstić information content (AvgIpc) is 2.53. The van der Waals surface area contributed by atoms with Crippen molar-refractivity contribution >= 4 is 27.5 Å². The second-order valence-electron chi connectivity index (χ2n) is 5.10. The van der Waals surface area contributed by atoms with E-state index in [1.807, 2.05) is 0 Å². The summed E-state index contributed by atoms with van der Waals surface area (Å²) in [5, 5.41) is -0.651. The van der Waals surface area contributed by atoms with E-state index < -0.39 is 37.6 Å². The number of alkyl halides is 3. The van der Waals surface area contributed by atoms with Crippen LogP contribution in [-0.2, 0) is 16.3 Å². The van der Waals surface area contributed by atoms with Gasteiger partial charge in [0.05, 0.1) is 23.3 Å². The molecule has 0 spiro atoms. The molecule has 0 atom stereocenters. The summed E-state index contributed by atoms with van der Waals surface area (Å²) >= 11 is 5.48. The normalized spacial score (nSPS) is 11.9. The molecule has 140 valence electrons. The predicted molar refractivity (Wildman–Crippen MR) is 87.3 cm³/mol. The molecular weight excluding hydrogens is 397 g/mol. The molecule has 0 aromatic heterocycles. The molecular formula is C16H12ClF3O5S. The van der Waals surface area contributed by atoms with Gasteiger partial charge in [-0.15, -0.1) is 0 Å². The van der Waals surface area contributed by atoms with Crippen LogP contribution < -0.4 is 8.92 Å². The highest BCUT2D eigenvalue weighted by Gasteiger charge is 2.35. The zero-order valence-electron chi connectivity index (χ0n) is 13.4. The Hall–Kier alpha value is -2.26. The fourth-order valence-electron chi connectivity index (χ4n) is 2.03. The molecule has 0 aliphatic heterocycles. The summed E-state index contributed by atoms with van der Waals surface area (Å²) in [7, 11) is -3.34. The van der Waals surface area contributed by atoms with Crippen molar-refractivity contribution in [3.05, 3.63) is 52.5 Å². The molecule has 0 bridgehead atoms. The van der Waals surface area contributed by atoms with Crippen molar-refractivity contribution in [3.63, 3.8) is 0 Å². The highest BCUT2D eigenvalue weighted by Crippen LogP contribution is 2.36. The Morgan fingerprint density at radius 1 is 1.12 bits per heavy atom. The van der Waals surface area contributed by atoms with Crippen LogP contribution in [-0.4, -0.2) is 21.3 Å². The maximum atomic E-state index is 12.9. The zero-order chi connectivity index (χ0) is 19.7. The molecule has 0 amide bonds. The summed E-state index contributed by atoms with van der Waals surface area (Å²) in [6, 6.07) is 5.90. The van der Waals surface area contributed by atoms with Crippen LogP contribution in [0.2, 0.25) is 5.02 Å². The van der Waals surface area contributed by atoms with Gasteiger partial charge in [-0.05, 0) is 37.3 Å². The first kappa shape index (κ1) is 20.1. The molecule has 26 heavy (non-hydrogen) atoms. The van der Waals surface area contributed by atoms with Crippen molar-refractivity contribution in [1.29, 1.82) is 0 Å². The Balaban J connectivity index is 2.52. The van der Waals surface area contributed by atoms with Crippen molar-refractivity contribution in [2.24, 2.45) is 0 Å². The molecule has 10 heteroatoms. The number of rotatable bonds is 5. The van der Waals surface area contributed by atoms with E-state index in [0.29, 0.717) is 6.07 Å². The van der Waals surface area contributed by atoms with Gasteiger partial charge in [0, 0.05) is 6.07 Å². The van der Waals surface area contributed by atoms with Crippen LogP contribution in [0.3, 0.4) is 0 Å². The maximum absolute atomic E-state index is 12.9. The molecule has 0 saturated carbocycles. The van der Waals surface area contributed by atoms with Crippen LogP contribution in [0, 0.1) is 0 Å². The number of ketones is 1. The summed E-state index contributed by atoms with van der Waals surface area (Å²) in [6.45, 7) is 1.19. The Bertz CT molecular complexity index is 955. The number of benzene rings is 2. The van der Waals surface area contributed by atoms with E-state index >= 15 is 0 Å². The average molecular weight is 409 g/mol. The molecule has 0 aliphatic carbocycles. The van der Waals surface area contributed by atoms with E-state index in [1.165, 1.54) is 26.2 Å². The third kappa shape index (κ3) is 4.28. The van der Waals surface area contributed by atoms with Gasteiger partial charge in [0.25, 0.3) is 0 Å². The predicted octanol–water partition coefficient (Wildman–Crippen LogP) is 4.34. The van der Waals surface area contributed by atoms with Crippen LogP contribution in [0.25, 0.3) is 0 Å². The Morgan fingerprint density at radius 2 is 1.77 bits per heavy atom. The number of carbonyl (C=O) groups is 1. The van der Waals surface area contributed by atoms with Gasteiger partial charge in [0.2, 0.25) is 0 Å². The fourth-order valence-corrected chi connectivity index (χ4v) is 3.22. The first-order chi connectivity index (χ1) is 12.0. The number of Topliss-reactive ketones (excluding diaryl/α,β-unsaturated/α-hetero) is 1. The first-order valence-electron chi connectivity index (χ1n) is 6.96. The molecule has 0 radical (unpaired) electrons. The van der Waals surface area contributed by atoms with Gasteiger partial charge in [-0.3, -0.25) is 4.79 Å². The van der Waals surface area contributed by atoms with Crippen molar-refractivity contribution in [2.45, 2.75) is 18.0 Å². The molecule has 0 fully saturated rings. The lowest BCUT2D eigenvalue weighted by Gasteiger charge is -2.13. The number of halogens is 4. The molecule has 2 aromatic carbocycles. The molecule has 2 aromatic rings. The fraction of sp³-hybridized carbons (Fsp3) is 0.188. The summed E-state index contributed by atoms with van der Waals surface area (Å²) in [6.07, 6.45) is -4.84. The molecule has 2 rings (SSSR count). The zero-order valence-corrected chi connectivity index (χ0v) is 15.0. The highest BCUT2D eigenvalue weighted by atomic mass is 35.5. The van der Waals surface area contributed by atoms with Crippen LogP contribution in [0.5, 0.6) is 11.5 Å². The van der Waals surface area contributed by atoms with Crippen molar-refractivity contribution < 1.29 is 35.3 Å². The lowest BCUT2D eigenvalue weighted by Crippen LogP contribution is -2.14. The van der Waals surface area contributed by atoms with Crippen LogP contribution in [0.4, 0.5) is 13.2 Å². The van der Waals surface area contributed by atoms with Gasteiger partial charge >= 0.3 is 16.3 Å². The second-order valence-corrected chi connectivity index (χ2v) is 7.05. The van der Waals surface area contributed by atoms with Gasteiger partial charge in [0.1, 0.15) is 10.6 Å². The summed E-state index contributed by atoms with van der Waals surface area (Å²) in [4.78, 5) is 10.9. The highest BCUT2D eigenvalue weighted by molar-refractivity contribution is 7.87. The number of methoxy groups -OCH3 is 1. The Kier molecular flexibility index (Phi) is 5.52. The van der Waals surface area contributed by atoms with E-state index in [-0.39, 0.29) is 17.1 Å². The Labute approximate surface area is 152 Å². The van der Waals surface area contributed by atoms with Gasteiger partial charge in [-0.1, -0.05) is 11.6 Å². The number of hydrogen-bond donors (Lipinski definition) is 0. The van der Waals surface area contributed by atoms with Crippen molar-refractivity contribution in [1.82, 2.24) is 0 Å². The molecule has 0 heterocycles. The largest absolute Gasteiger partial charge is 0.497 e. The van der Waals surface area contributed by atoms with Crippen LogP contribution in [0.1, 0.15) is 22.8 Å². The SMILES string of the molecule is COc1ccc(C(C)=O)c(OS(=O)(=O)c2ccc(Cl)c(C(F)(F)F)c2)c1. The van der Waals surface area contributed by atoms with Gasteiger partial charge < -0.3 is 8.92 Å². The number of carbonyl (C=O) groups excluding carboxylic acids is 1. The first-order valence-corrected chi connectivity index (χ1v) is 8.74. The summed E-state index contributed by atoms with van der Waals surface area (Å²) < 4.78 is 73.4. The number of ether oxygens (including phenoxy) is 1. The van der Waals surface area contributed by atoms with Gasteiger partial charge in [-0.2, -0.15) is 21.6 Å². The quantitative estimate of drug-likeness (QED) is 0.543. The van der Waals surface area contributed by atoms with Gasteiger partial charge in [0.15, 0.2) is 11.5 Å². The van der Waals surface area contributed by atoms with Crippen molar-refractivity contribution in [3.8, 4) is 11.5 Å². The minimum atomic E-state index is -4.84. The monoisotopic (exact) mass is 408 g/mol. The molecule has 0 saturated heterocycles. The third-order valence-corrected chi connectivity index (χ3v) is 4.86. The number of hydrogen-bond acceptors (Lipinski definition) is 5. The molecule has 0 unspecified atom stereocenters. The summed E-state index contributed by atoms with van der Waals surface area (Å²) in [5.41, 5.74) is -1.39. The van der Waals surface area contributed by atoms with Gasteiger partial charge in [-0.25, -0.2) is 0 Å². The van der Waals surface area contributed by atoms with E-state index in [9.17, 15) is 26.4 Å². The van der Waals surface area contributed by atoms with Crippen molar-refractivity contribution in [2.75, 3.05) is 7.11 Å². The maximum Gasteiger partial charge on any atom is 0.417 e.